The number of nitrogens with two attached hydrogens (primary N) is 1. The zero-order valence-electron chi connectivity index (χ0n) is 12.6. The molecular formula is C14H27N5O2. The van der Waals surface area contributed by atoms with E-state index in [9.17, 15) is 9.59 Å². The molecule has 2 saturated heterocycles. The summed E-state index contributed by atoms with van der Waals surface area (Å²) in [4.78, 5) is 27.4. The maximum atomic E-state index is 12.4. The average Bonchev–Trinajstić information content (AvgIpc) is 2.74. The molecule has 2 aliphatic rings. The zero-order chi connectivity index (χ0) is 15.1. The predicted octanol–water partition coefficient (Wildman–Crippen LogP) is -0.811. The van der Waals surface area contributed by atoms with Gasteiger partial charge in [-0.05, 0) is 38.3 Å². The summed E-state index contributed by atoms with van der Waals surface area (Å²) in [7, 11) is 0. The van der Waals surface area contributed by atoms with Gasteiger partial charge in [-0.25, -0.2) is 4.79 Å². The number of hydrogen-bond acceptors (Lipinski definition) is 4. The van der Waals surface area contributed by atoms with E-state index in [1.165, 1.54) is 0 Å². The van der Waals surface area contributed by atoms with Crippen molar-refractivity contribution in [1.29, 1.82) is 0 Å². The average molecular weight is 297 g/mol. The quantitative estimate of drug-likeness (QED) is 0.633. The number of hydrogen-bond donors (Lipinski definition) is 3. The molecule has 3 amide bonds. The third-order valence-corrected chi connectivity index (χ3v) is 4.23. The van der Waals surface area contributed by atoms with E-state index in [2.05, 4.69) is 15.5 Å². The van der Waals surface area contributed by atoms with Gasteiger partial charge in [-0.2, -0.15) is 0 Å². The summed E-state index contributed by atoms with van der Waals surface area (Å²) in [5, 5.41) is 5.99. The van der Waals surface area contributed by atoms with E-state index in [0.717, 1.165) is 58.5 Å². The van der Waals surface area contributed by atoms with E-state index >= 15 is 0 Å². The lowest BCUT2D eigenvalue weighted by Crippen LogP contribution is -2.48. The van der Waals surface area contributed by atoms with Crippen molar-refractivity contribution in [3.05, 3.63) is 0 Å². The number of piperidine rings is 1. The van der Waals surface area contributed by atoms with Crippen LogP contribution in [0.1, 0.15) is 19.3 Å². The molecule has 0 radical (unpaired) electrons. The molecule has 1 unspecified atom stereocenters. The van der Waals surface area contributed by atoms with Crippen LogP contribution >= 0.6 is 0 Å². The number of nitrogens with zero attached hydrogens (tertiary/aromatic N) is 2. The summed E-state index contributed by atoms with van der Waals surface area (Å²) < 4.78 is 0. The fourth-order valence-electron chi connectivity index (χ4n) is 3.05. The highest BCUT2D eigenvalue weighted by atomic mass is 16.2. The largest absolute Gasteiger partial charge is 0.352 e. The summed E-state index contributed by atoms with van der Waals surface area (Å²) in [6, 6.07) is -0.490. The molecule has 1 atom stereocenters. The van der Waals surface area contributed by atoms with E-state index in [0.29, 0.717) is 19.0 Å². The first-order chi connectivity index (χ1) is 10.1. The highest BCUT2D eigenvalue weighted by Crippen LogP contribution is 2.16. The molecule has 21 heavy (non-hydrogen) atoms. The number of amides is 3. The molecule has 7 nitrogen and oxygen atoms in total. The van der Waals surface area contributed by atoms with Crippen LogP contribution in [0.4, 0.5) is 4.79 Å². The lowest BCUT2D eigenvalue weighted by atomic mass is 9.98. The first kappa shape index (κ1) is 16.0. The van der Waals surface area contributed by atoms with Crippen LogP contribution in [0.15, 0.2) is 0 Å². The standard InChI is InChI=1S/C14H27N5O2/c15-14(21)17-9-12-3-1-7-19(10-12)13(20)11-18-6-2-4-16-5-8-18/h12,16H,1-11H2,(H3,15,17,21). The Labute approximate surface area is 126 Å². The Bertz CT molecular complexity index is 355. The van der Waals surface area contributed by atoms with E-state index < -0.39 is 6.03 Å². The van der Waals surface area contributed by atoms with Gasteiger partial charge < -0.3 is 21.3 Å². The first-order valence-electron chi connectivity index (χ1n) is 7.89. The van der Waals surface area contributed by atoms with Crippen LogP contribution in [-0.4, -0.2) is 74.1 Å². The molecule has 2 heterocycles. The Morgan fingerprint density at radius 3 is 2.86 bits per heavy atom. The van der Waals surface area contributed by atoms with Gasteiger partial charge in [0.05, 0.1) is 6.54 Å². The van der Waals surface area contributed by atoms with Gasteiger partial charge in [-0.1, -0.05) is 0 Å². The van der Waals surface area contributed by atoms with Gasteiger partial charge in [0.15, 0.2) is 0 Å². The fraction of sp³-hybridized carbons (Fsp3) is 0.857. The fourth-order valence-corrected chi connectivity index (χ4v) is 3.05. The highest BCUT2D eigenvalue weighted by molar-refractivity contribution is 5.78. The van der Waals surface area contributed by atoms with Crippen LogP contribution < -0.4 is 16.4 Å². The van der Waals surface area contributed by atoms with Crippen molar-refractivity contribution in [2.75, 3.05) is 52.4 Å². The third kappa shape index (κ3) is 5.51. The van der Waals surface area contributed by atoms with E-state index in [1.54, 1.807) is 0 Å². The minimum absolute atomic E-state index is 0.209. The molecule has 0 saturated carbocycles. The number of nitrogens with one attached hydrogen (secondary N) is 2. The van der Waals surface area contributed by atoms with Crippen molar-refractivity contribution >= 4 is 11.9 Å². The summed E-state index contributed by atoms with van der Waals surface area (Å²) >= 11 is 0. The number of carbonyl (C=O) groups is 2. The van der Waals surface area contributed by atoms with Gasteiger partial charge in [0.25, 0.3) is 0 Å². The molecular weight excluding hydrogens is 270 g/mol. The van der Waals surface area contributed by atoms with Crippen LogP contribution in [-0.2, 0) is 4.79 Å². The van der Waals surface area contributed by atoms with Crippen LogP contribution in [0, 0.1) is 5.92 Å². The predicted molar refractivity (Wildman–Crippen MR) is 80.8 cm³/mol. The van der Waals surface area contributed by atoms with Crippen molar-refractivity contribution in [1.82, 2.24) is 20.4 Å². The van der Waals surface area contributed by atoms with Gasteiger partial charge in [0.2, 0.25) is 5.91 Å². The lowest BCUT2D eigenvalue weighted by Gasteiger charge is -2.34. The van der Waals surface area contributed by atoms with Gasteiger partial charge in [0, 0.05) is 32.7 Å². The lowest BCUT2D eigenvalue weighted by molar-refractivity contribution is -0.134. The van der Waals surface area contributed by atoms with Gasteiger partial charge >= 0.3 is 6.03 Å². The second kappa shape index (κ2) is 8.19. The van der Waals surface area contributed by atoms with Crippen LogP contribution in [0.3, 0.4) is 0 Å². The van der Waals surface area contributed by atoms with Gasteiger partial charge in [0.1, 0.15) is 0 Å². The molecule has 0 aromatic rings. The Morgan fingerprint density at radius 1 is 1.19 bits per heavy atom. The molecule has 0 bridgehead atoms. The molecule has 2 aliphatic heterocycles. The molecule has 120 valence electrons. The Morgan fingerprint density at radius 2 is 2.05 bits per heavy atom. The van der Waals surface area contributed by atoms with Crippen molar-refractivity contribution in [2.45, 2.75) is 19.3 Å². The molecule has 7 heteroatoms. The smallest absolute Gasteiger partial charge is 0.312 e. The number of rotatable bonds is 4. The van der Waals surface area contributed by atoms with Crippen molar-refractivity contribution < 1.29 is 9.59 Å². The summed E-state index contributed by atoms with van der Waals surface area (Å²) in [5.74, 6) is 0.529. The Kier molecular flexibility index (Phi) is 6.25. The SMILES string of the molecule is NC(=O)NCC1CCCN(C(=O)CN2CCCNCC2)C1. The zero-order valence-corrected chi connectivity index (χ0v) is 12.6. The van der Waals surface area contributed by atoms with Crippen molar-refractivity contribution in [2.24, 2.45) is 11.7 Å². The second-order valence-electron chi connectivity index (χ2n) is 5.97. The molecule has 0 aliphatic carbocycles. The topological polar surface area (TPSA) is 90.7 Å². The van der Waals surface area contributed by atoms with Crippen LogP contribution in [0.5, 0.6) is 0 Å². The first-order valence-corrected chi connectivity index (χ1v) is 7.89. The molecule has 0 spiro atoms. The minimum atomic E-state index is -0.490. The Hall–Kier alpha value is -1.34. The van der Waals surface area contributed by atoms with Gasteiger partial charge in [-0.3, -0.25) is 9.69 Å². The minimum Gasteiger partial charge on any atom is -0.352 e. The maximum absolute atomic E-state index is 12.4. The normalized spacial score (nSPS) is 24.4. The monoisotopic (exact) mass is 297 g/mol. The molecule has 2 rings (SSSR count). The number of primary amides is 1. The second-order valence-corrected chi connectivity index (χ2v) is 5.97. The van der Waals surface area contributed by atoms with E-state index in [4.69, 9.17) is 5.73 Å². The third-order valence-electron chi connectivity index (χ3n) is 4.23. The summed E-state index contributed by atoms with van der Waals surface area (Å²) in [5.41, 5.74) is 5.10. The Balaban J connectivity index is 1.76. The number of likely N-dealkylation sites (tertiary alicyclic amines) is 1. The van der Waals surface area contributed by atoms with E-state index in [1.807, 2.05) is 4.90 Å². The van der Waals surface area contributed by atoms with Crippen molar-refractivity contribution in [3.8, 4) is 0 Å². The number of urea groups is 1. The van der Waals surface area contributed by atoms with E-state index in [-0.39, 0.29) is 5.91 Å². The van der Waals surface area contributed by atoms with Crippen LogP contribution in [0.25, 0.3) is 0 Å². The molecule has 0 aromatic heterocycles. The van der Waals surface area contributed by atoms with Crippen molar-refractivity contribution in [3.63, 3.8) is 0 Å². The summed E-state index contributed by atoms with van der Waals surface area (Å²) in [6.45, 7) is 6.55. The van der Waals surface area contributed by atoms with Gasteiger partial charge in [-0.15, -0.1) is 0 Å². The highest BCUT2D eigenvalue weighted by Gasteiger charge is 2.25. The molecule has 4 N–H and O–H groups in total. The molecule has 2 fully saturated rings. The molecule has 0 aromatic carbocycles. The summed E-state index contributed by atoms with van der Waals surface area (Å²) in [6.07, 6.45) is 3.13. The van der Waals surface area contributed by atoms with Crippen LogP contribution in [0.2, 0.25) is 0 Å². The maximum Gasteiger partial charge on any atom is 0.312 e. The number of carbonyl (C=O) groups excluding carboxylic acids is 2.